The Hall–Kier alpha value is 0.100. The maximum atomic E-state index is 5.63. The molecule has 0 aliphatic heterocycles. The van der Waals surface area contributed by atoms with E-state index < -0.39 is 0 Å². The van der Waals surface area contributed by atoms with Crippen LogP contribution in [0.1, 0.15) is 37.3 Å². The van der Waals surface area contributed by atoms with Crippen molar-refractivity contribution in [3.63, 3.8) is 0 Å². The Kier molecular flexibility index (Phi) is 3.60. The lowest BCUT2D eigenvalue weighted by molar-refractivity contribution is 0.374. The number of hydrogen-bond donors (Lipinski definition) is 2. The van der Waals surface area contributed by atoms with Gasteiger partial charge in [0.05, 0.1) is 3.79 Å². The fraction of sp³-hybridized carbons (Fsp3) is 0.600. The second-order valence-corrected chi connectivity index (χ2v) is 6.16. The molecule has 0 spiro atoms. The van der Waals surface area contributed by atoms with Crippen molar-refractivity contribution in [3.8, 4) is 0 Å². The van der Waals surface area contributed by atoms with Gasteiger partial charge in [-0.2, -0.15) is 0 Å². The van der Waals surface area contributed by atoms with Crippen molar-refractivity contribution < 1.29 is 0 Å². The van der Waals surface area contributed by atoms with Gasteiger partial charge in [0, 0.05) is 6.04 Å². The van der Waals surface area contributed by atoms with Crippen LogP contribution in [0.4, 0.5) is 0 Å². The maximum Gasteiger partial charge on any atom is 0.0701 e. The Labute approximate surface area is 97.0 Å². The van der Waals surface area contributed by atoms with Gasteiger partial charge in [0.15, 0.2) is 0 Å². The van der Waals surface area contributed by atoms with Gasteiger partial charge in [0.2, 0.25) is 0 Å². The molecule has 0 saturated heterocycles. The van der Waals surface area contributed by atoms with Crippen molar-refractivity contribution in [2.24, 2.45) is 11.8 Å². The van der Waals surface area contributed by atoms with Gasteiger partial charge in [-0.05, 0) is 51.7 Å². The Morgan fingerprint density at radius 3 is 2.71 bits per heavy atom. The summed E-state index contributed by atoms with van der Waals surface area (Å²) >= 11 is 5.22. The monoisotopic (exact) mass is 274 g/mol. The first kappa shape index (κ1) is 10.6. The van der Waals surface area contributed by atoms with Crippen LogP contribution >= 0.6 is 27.3 Å². The predicted octanol–water partition coefficient (Wildman–Crippen LogP) is 3.21. The molecule has 2 nitrogen and oxygen atoms in total. The molecule has 0 amide bonds. The Bertz CT molecular complexity index is 294. The van der Waals surface area contributed by atoms with Crippen LogP contribution in [0.2, 0.25) is 0 Å². The zero-order chi connectivity index (χ0) is 9.97. The summed E-state index contributed by atoms with van der Waals surface area (Å²) in [5, 5.41) is 2.19. The van der Waals surface area contributed by atoms with Gasteiger partial charge < -0.3 is 0 Å². The van der Waals surface area contributed by atoms with Gasteiger partial charge in [-0.3, -0.25) is 11.3 Å². The minimum Gasteiger partial charge on any atom is -0.271 e. The molecule has 14 heavy (non-hydrogen) atoms. The molecule has 1 saturated carbocycles. The van der Waals surface area contributed by atoms with Gasteiger partial charge in [-0.25, -0.2) is 0 Å². The van der Waals surface area contributed by atoms with Gasteiger partial charge in [0.25, 0.3) is 0 Å². The lowest BCUT2D eigenvalue weighted by Crippen LogP contribution is -2.32. The third-order valence-corrected chi connectivity index (χ3v) is 4.52. The highest BCUT2D eigenvalue weighted by atomic mass is 79.9. The van der Waals surface area contributed by atoms with Crippen molar-refractivity contribution in [2.75, 3.05) is 0 Å². The van der Waals surface area contributed by atoms with Crippen LogP contribution in [0.15, 0.2) is 15.2 Å². The minimum absolute atomic E-state index is 0.347. The molecule has 4 heteroatoms. The molecule has 1 aromatic rings. The molecule has 1 atom stereocenters. The van der Waals surface area contributed by atoms with Gasteiger partial charge >= 0.3 is 0 Å². The predicted molar refractivity (Wildman–Crippen MR) is 64.0 cm³/mol. The molecule has 0 bridgehead atoms. The number of rotatable bonds is 3. The highest BCUT2D eigenvalue weighted by molar-refractivity contribution is 9.11. The minimum atomic E-state index is 0.347. The molecule has 1 heterocycles. The van der Waals surface area contributed by atoms with Crippen LogP contribution < -0.4 is 11.3 Å². The summed E-state index contributed by atoms with van der Waals surface area (Å²) in [6.45, 7) is 0. The fourth-order valence-electron chi connectivity index (χ4n) is 2.28. The highest BCUT2D eigenvalue weighted by Gasteiger charge is 2.25. The van der Waals surface area contributed by atoms with E-state index in [4.69, 9.17) is 5.84 Å². The zero-order valence-electron chi connectivity index (χ0n) is 8.00. The standard InChI is InChI=1S/C10H15BrN2S/c11-9-5-8(6-14-9)10(13-12)7-3-1-2-4-7/h5-7,10,13H,1-4,12H2. The molecule has 3 N–H and O–H groups in total. The SMILES string of the molecule is NNC(c1csc(Br)c1)C1CCCC1. The van der Waals surface area contributed by atoms with Gasteiger partial charge in [0.1, 0.15) is 0 Å². The first-order valence-corrected chi connectivity index (χ1v) is 6.68. The Balaban J connectivity index is 2.12. The molecular formula is C10H15BrN2S. The average Bonchev–Trinajstić information content (AvgIpc) is 2.79. The fourth-order valence-corrected chi connectivity index (χ4v) is 3.49. The van der Waals surface area contributed by atoms with Crippen molar-refractivity contribution in [1.82, 2.24) is 5.43 Å². The van der Waals surface area contributed by atoms with E-state index in [1.54, 1.807) is 11.3 Å². The normalized spacial score (nSPS) is 20.1. The van der Waals surface area contributed by atoms with Crippen molar-refractivity contribution in [2.45, 2.75) is 31.7 Å². The summed E-state index contributed by atoms with van der Waals surface area (Å²) < 4.78 is 1.19. The number of thiophene rings is 1. The first-order valence-electron chi connectivity index (χ1n) is 5.01. The lowest BCUT2D eigenvalue weighted by Gasteiger charge is -2.21. The number of nitrogens with two attached hydrogens (primary N) is 1. The number of halogens is 1. The van der Waals surface area contributed by atoms with Crippen LogP contribution in [0.5, 0.6) is 0 Å². The molecule has 78 valence electrons. The smallest absolute Gasteiger partial charge is 0.0701 e. The number of hydrazine groups is 1. The van der Waals surface area contributed by atoms with Gasteiger partial charge in [-0.1, -0.05) is 12.8 Å². The Morgan fingerprint density at radius 1 is 1.50 bits per heavy atom. The molecule has 1 aromatic heterocycles. The summed E-state index contributed by atoms with van der Waals surface area (Å²) in [5.74, 6) is 6.36. The molecule has 1 aliphatic carbocycles. The third-order valence-electron chi connectivity index (χ3n) is 3.00. The van der Waals surface area contributed by atoms with Crippen molar-refractivity contribution in [1.29, 1.82) is 0 Å². The van der Waals surface area contributed by atoms with Crippen LogP contribution in [-0.4, -0.2) is 0 Å². The molecule has 1 unspecified atom stereocenters. The van der Waals surface area contributed by atoms with Gasteiger partial charge in [-0.15, -0.1) is 11.3 Å². The molecule has 2 rings (SSSR count). The van der Waals surface area contributed by atoms with Crippen molar-refractivity contribution >= 4 is 27.3 Å². The quantitative estimate of drug-likeness (QED) is 0.656. The maximum absolute atomic E-state index is 5.63. The van der Waals surface area contributed by atoms with E-state index in [0.717, 1.165) is 5.92 Å². The van der Waals surface area contributed by atoms with Crippen LogP contribution in [-0.2, 0) is 0 Å². The first-order chi connectivity index (χ1) is 6.81. The summed E-state index contributed by atoms with van der Waals surface area (Å²) in [6, 6.07) is 2.52. The van der Waals surface area contributed by atoms with Crippen LogP contribution in [0, 0.1) is 5.92 Å². The van der Waals surface area contributed by atoms with E-state index in [1.165, 1.54) is 35.0 Å². The Morgan fingerprint density at radius 2 is 2.21 bits per heavy atom. The summed E-state index contributed by atoms with van der Waals surface area (Å²) in [4.78, 5) is 0. The van der Waals surface area contributed by atoms with E-state index in [-0.39, 0.29) is 0 Å². The largest absolute Gasteiger partial charge is 0.271 e. The average molecular weight is 275 g/mol. The molecule has 0 aromatic carbocycles. The highest BCUT2D eigenvalue weighted by Crippen LogP contribution is 2.37. The van der Waals surface area contributed by atoms with Crippen LogP contribution in [0.25, 0.3) is 0 Å². The van der Waals surface area contributed by atoms with E-state index in [0.29, 0.717) is 6.04 Å². The molecule has 0 radical (unpaired) electrons. The van der Waals surface area contributed by atoms with Crippen molar-refractivity contribution in [3.05, 3.63) is 20.8 Å². The summed E-state index contributed by atoms with van der Waals surface area (Å²) in [7, 11) is 0. The topological polar surface area (TPSA) is 38.0 Å². The molecule has 1 aliphatic rings. The van der Waals surface area contributed by atoms with E-state index in [9.17, 15) is 0 Å². The number of hydrogen-bond acceptors (Lipinski definition) is 3. The van der Waals surface area contributed by atoms with Crippen LogP contribution in [0.3, 0.4) is 0 Å². The summed E-state index contributed by atoms with van der Waals surface area (Å²) in [5.41, 5.74) is 4.29. The van der Waals surface area contributed by atoms with E-state index >= 15 is 0 Å². The van der Waals surface area contributed by atoms with E-state index in [1.807, 2.05) is 0 Å². The lowest BCUT2D eigenvalue weighted by atomic mass is 9.94. The van der Waals surface area contributed by atoms with E-state index in [2.05, 4.69) is 32.8 Å². The third kappa shape index (κ3) is 2.19. The second kappa shape index (κ2) is 4.75. The zero-order valence-corrected chi connectivity index (χ0v) is 10.4. The molecular weight excluding hydrogens is 260 g/mol. The summed E-state index contributed by atoms with van der Waals surface area (Å²) in [6.07, 6.45) is 5.33. The second-order valence-electron chi connectivity index (χ2n) is 3.87. The number of nitrogens with one attached hydrogen (secondary N) is 1. The molecule has 1 fully saturated rings.